The predicted octanol–water partition coefficient (Wildman–Crippen LogP) is 3.27. The van der Waals surface area contributed by atoms with Crippen LogP contribution in [-0.4, -0.2) is 10.7 Å². The number of non-ortho nitro benzene ring substituents is 1. The number of ketones is 1. The summed E-state index contributed by atoms with van der Waals surface area (Å²) in [5.74, 6) is 0.211. The Morgan fingerprint density at radius 3 is 2.59 bits per heavy atom. The van der Waals surface area contributed by atoms with Crippen LogP contribution in [0.2, 0.25) is 0 Å². The molecule has 0 N–H and O–H groups in total. The largest absolute Gasteiger partial charge is 0.299 e. The molecule has 0 amide bonds. The highest BCUT2D eigenvalue weighted by Crippen LogP contribution is 2.50. The minimum Gasteiger partial charge on any atom is -0.299 e. The molecule has 0 saturated heterocycles. The summed E-state index contributed by atoms with van der Waals surface area (Å²) < 4.78 is 0.708. The Labute approximate surface area is 107 Å². The van der Waals surface area contributed by atoms with Crippen molar-refractivity contribution in [1.29, 1.82) is 0 Å². The zero-order valence-corrected chi connectivity index (χ0v) is 11.0. The molecule has 0 heterocycles. The maximum absolute atomic E-state index is 11.5. The van der Waals surface area contributed by atoms with Gasteiger partial charge in [-0.25, -0.2) is 0 Å². The van der Waals surface area contributed by atoms with Gasteiger partial charge in [0, 0.05) is 22.0 Å². The smallest absolute Gasteiger partial charge is 0.270 e. The van der Waals surface area contributed by atoms with E-state index in [4.69, 9.17) is 0 Å². The van der Waals surface area contributed by atoms with E-state index in [9.17, 15) is 14.9 Å². The fourth-order valence-electron chi connectivity index (χ4n) is 1.96. The van der Waals surface area contributed by atoms with E-state index in [1.807, 2.05) is 0 Å². The van der Waals surface area contributed by atoms with Crippen LogP contribution in [0.25, 0.3) is 0 Å². The van der Waals surface area contributed by atoms with Crippen LogP contribution in [0.4, 0.5) is 5.69 Å². The van der Waals surface area contributed by atoms with Crippen molar-refractivity contribution in [2.24, 2.45) is 5.41 Å². The second-order valence-corrected chi connectivity index (χ2v) is 5.40. The van der Waals surface area contributed by atoms with Gasteiger partial charge in [-0.05, 0) is 31.7 Å². The van der Waals surface area contributed by atoms with E-state index >= 15 is 0 Å². The molecule has 1 aliphatic rings. The van der Waals surface area contributed by atoms with Gasteiger partial charge in [-0.1, -0.05) is 22.0 Å². The zero-order valence-electron chi connectivity index (χ0n) is 9.40. The maximum atomic E-state index is 11.5. The lowest BCUT2D eigenvalue weighted by Gasteiger charge is -2.12. The van der Waals surface area contributed by atoms with Crippen LogP contribution >= 0.6 is 15.9 Å². The summed E-state index contributed by atoms with van der Waals surface area (Å²) in [7, 11) is 0. The molecule has 1 aromatic rings. The molecular formula is C12H12BrNO3. The van der Waals surface area contributed by atoms with Crippen LogP contribution in [0, 0.1) is 15.5 Å². The zero-order chi connectivity index (χ0) is 12.6. The Balaban J connectivity index is 2.23. The number of Topliss-reactive ketones (excluding diaryl/α,β-unsaturated/α-hetero) is 1. The predicted molar refractivity (Wildman–Crippen MR) is 66.8 cm³/mol. The van der Waals surface area contributed by atoms with Crippen molar-refractivity contribution in [3.05, 3.63) is 38.3 Å². The SMILES string of the molecule is CC(=O)C1(Cc2ccc([N+](=O)[O-])cc2Br)CC1. The summed E-state index contributed by atoms with van der Waals surface area (Å²) in [4.78, 5) is 21.7. The van der Waals surface area contributed by atoms with Gasteiger partial charge in [0.1, 0.15) is 5.78 Å². The van der Waals surface area contributed by atoms with Gasteiger partial charge < -0.3 is 0 Å². The van der Waals surface area contributed by atoms with Crippen molar-refractivity contribution >= 4 is 27.4 Å². The van der Waals surface area contributed by atoms with Gasteiger partial charge in [0.25, 0.3) is 5.69 Å². The second-order valence-electron chi connectivity index (χ2n) is 4.55. The molecule has 1 saturated carbocycles. The summed E-state index contributed by atoms with van der Waals surface area (Å²) in [6.45, 7) is 1.62. The first-order valence-electron chi connectivity index (χ1n) is 5.38. The van der Waals surface area contributed by atoms with E-state index in [-0.39, 0.29) is 16.9 Å². The topological polar surface area (TPSA) is 60.2 Å². The molecule has 1 aromatic carbocycles. The molecule has 0 spiro atoms. The number of benzene rings is 1. The number of hydrogen-bond donors (Lipinski definition) is 0. The molecule has 0 atom stereocenters. The molecule has 90 valence electrons. The maximum Gasteiger partial charge on any atom is 0.270 e. The molecule has 17 heavy (non-hydrogen) atoms. The molecule has 0 aromatic heterocycles. The number of carbonyl (C=O) groups excluding carboxylic acids is 1. The van der Waals surface area contributed by atoms with Crippen molar-refractivity contribution in [1.82, 2.24) is 0 Å². The number of nitro benzene ring substituents is 1. The lowest BCUT2D eigenvalue weighted by atomic mass is 9.93. The van der Waals surface area contributed by atoms with Crippen molar-refractivity contribution in [2.45, 2.75) is 26.2 Å². The monoisotopic (exact) mass is 297 g/mol. The number of carbonyl (C=O) groups is 1. The van der Waals surface area contributed by atoms with Crippen LogP contribution in [-0.2, 0) is 11.2 Å². The summed E-state index contributed by atoms with van der Waals surface area (Å²) >= 11 is 3.33. The highest BCUT2D eigenvalue weighted by Gasteiger charge is 2.47. The van der Waals surface area contributed by atoms with E-state index < -0.39 is 4.92 Å². The highest BCUT2D eigenvalue weighted by molar-refractivity contribution is 9.10. The van der Waals surface area contributed by atoms with Crippen LogP contribution in [0.15, 0.2) is 22.7 Å². The van der Waals surface area contributed by atoms with E-state index in [0.29, 0.717) is 10.9 Å². The van der Waals surface area contributed by atoms with Crippen molar-refractivity contribution in [2.75, 3.05) is 0 Å². The van der Waals surface area contributed by atoms with Crippen LogP contribution in [0.1, 0.15) is 25.3 Å². The average Bonchev–Trinajstić information content (AvgIpc) is 3.02. The Kier molecular flexibility index (Phi) is 3.03. The molecule has 0 aliphatic heterocycles. The average molecular weight is 298 g/mol. The Bertz CT molecular complexity index is 495. The first-order chi connectivity index (χ1) is 7.94. The fraction of sp³-hybridized carbons (Fsp3) is 0.417. The van der Waals surface area contributed by atoms with Gasteiger partial charge in [0.05, 0.1) is 4.92 Å². The number of rotatable bonds is 4. The number of nitrogens with zero attached hydrogens (tertiary/aromatic N) is 1. The summed E-state index contributed by atoms with van der Waals surface area (Å²) in [6.07, 6.45) is 2.51. The van der Waals surface area contributed by atoms with Gasteiger partial charge in [-0.3, -0.25) is 14.9 Å². The van der Waals surface area contributed by atoms with Crippen LogP contribution in [0.5, 0.6) is 0 Å². The quantitative estimate of drug-likeness (QED) is 0.633. The molecule has 4 nitrogen and oxygen atoms in total. The van der Waals surface area contributed by atoms with Gasteiger partial charge in [0.2, 0.25) is 0 Å². The number of hydrogen-bond acceptors (Lipinski definition) is 3. The molecule has 2 rings (SSSR count). The summed E-state index contributed by atoms with van der Waals surface area (Å²) in [6, 6.07) is 4.70. The van der Waals surface area contributed by atoms with E-state index in [2.05, 4.69) is 15.9 Å². The van der Waals surface area contributed by atoms with Crippen LogP contribution in [0.3, 0.4) is 0 Å². The summed E-state index contributed by atoms with van der Waals surface area (Å²) in [5.41, 5.74) is 0.815. The highest BCUT2D eigenvalue weighted by atomic mass is 79.9. The third kappa shape index (κ3) is 2.39. The van der Waals surface area contributed by atoms with Gasteiger partial charge >= 0.3 is 0 Å². The van der Waals surface area contributed by atoms with Gasteiger partial charge in [-0.15, -0.1) is 0 Å². The Hall–Kier alpha value is -1.23. The lowest BCUT2D eigenvalue weighted by molar-refractivity contribution is -0.384. The minimum absolute atomic E-state index is 0.0632. The molecule has 0 unspecified atom stereocenters. The molecule has 1 fully saturated rings. The van der Waals surface area contributed by atoms with Crippen molar-refractivity contribution < 1.29 is 9.72 Å². The molecule has 0 radical (unpaired) electrons. The fourth-order valence-corrected chi connectivity index (χ4v) is 2.47. The second kappa shape index (κ2) is 4.22. The first-order valence-corrected chi connectivity index (χ1v) is 6.18. The van der Waals surface area contributed by atoms with Gasteiger partial charge in [-0.2, -0.15) is 0 Å². The molecule has 0 bridgehead atoms. The molecular weight excluding hydrogens is 286 g/mol. The van der Waals surface area contributed by atoms with Crippen LogP contribution < -0.4 is 0 Å². The summed E-state index contributed by atoms with van der Waals surface area (Å²) in [5, 5.41) is 10.6. The van der Waals surface area contributed by atoms with E-state index in [1.54, 1.807) is 13.0 Å². The van der Waals surface area contributed by atoms with Crippen molar-refractivity contribution in [3.8, 4) is 0 Å². The van der Waals surface area contributed by atoms with Crippen molar-refractivity contribution in [3.63, 3.8) is 0 Å². The number of nitro groups is 1. The lowest BCUT2D eigenvalue weighted by Crippen LogP contribution is -2.15. The Morgan fingerprint density at radius 2 is 2.18 bits per heavy atom. The first kappa shape index (κ1) is 12.2. The third-order valence-electron chi connectivity index (χ3n) is 3.38. The Morgan fingerprint density at radius 1 is 1.53 bits per heavy atom. The standard InChI is InChI=1S/C12H12BrNO3/c1-8(15)12(4-5-12)7-9-2-3-10(14(16)17)6-11(9)13/h2-3,6H,4-5,7H2,1H3. The normalized spacial score (nSPS) is 16.6. The number of halogens is 1. The van der Waals surface area contributed by atoms with E-state index in [1.165, 1.54) is 12.1 Å². The third-order valence-corrected chi connectivity index (χ3v) is 4.11. The van der Waals surface area contributed by atoms with Gasteiger partial charge in [0.15, 0.2) is 0 Å². The molecule has 5 heteroatoms. The molecule has 1 aliphatic carbocycles. The van der Waals surface area contributed by atoms with E-state index in [0.717, 1.165) is 18.4 Å². The minimum atomic E-state index is -0.424.